The van der Waals surface area contributed by atoms with Gasteiger partial charge in [0.15, 0.2) is 0 Å². The average Bonchev–Trinajstić information content (AvgIpc) is 3.41. The van der Waals surface area contributed by atoms with Crippen molar-refractivity contribution in [2.75, 3.05) is 30.5 Å². The second-order valence-electron chi connectivity index (χ2n) is 9.19. The third-order valence-corrected chi connectivity index (χ3v) is 7.19. The van der Waals surface area contributed by atoms with Crippen LogP contribution in [0.4, 0.5) is 11.4 Å². The van der Waals surface area contributed by atoms with Gasteiger partial charge in [-0.25, -0.2) is 10.3 Å². The van der Waals surface area contributed by atoms with E-state index >= 15 is 0 Å². The molecule has 2 heterocycles. The summed E-state index contributed by atoms with van der Waals surface area (Å²) in [4.78, 5) is 44.4. The molecule has 2 aliphatic heterocycles. The summed E-state index contributed by atoms with van der Waals surface area (Å²) < 4.78 is 6.25. The fourth-order valence-corrected chi connectivity index (χ4v) is 5.30. The zero-order valence-electron chi connectivity index (χ0n) is 20.7. The molecule has 3 atom stereocenters. The molecular formula is C28H27BrN4O4. The Labute approximate surface area is 223 Å². The highest BCUT2D eigenvalue weighted by Gasteiger charge is 2.60. The second kappa shape index (κ2) is 9.99. The van der Waals surface area contributed by atoms with Crippen LogP contribution in [0.3, 0.4) is 0 Å². The Bertz CT molecular complexity index is 1340. The highest BCUT2D eigenvalue weighted by atomic mass is 79.9. The Morgan fingerprint density at radius 2 is 1.70 bits per heavy atom. The summed E-state index contributed by atoms with van der Waals surface area (Å²) in [5.41, 5.74) is 5.88. The Morgan fingerprint density at radius 1 is 1.00 bits per heavy atom. The number of benzene rings is 3. The van der Waals surface area contributed by atoms with Gasteiger partial charge in [-0.1, -0.05) is 34.1 Å². The number of hydrogen-bond donors (Lipinski definition) is 1. The van der Waals surface area contributed by atoms with Crippen molar-refractivity contribution in [1.82, 2.24) is 10.4 Å². The summed E-state index contributed by atoms with van der Waals surface area (Å²) in [6.07, 6.45) is 0. The van der Waals surface area contributed by atoms with E-state index in [1.165, 1.54) is 9.91 Å². The van der Waals surface area contributed by atoms with Crippen molar-refractivity contribution < 1.29 is 19.1 Å². The molecule has 0 unspecified atom stereocenters. The number of ether oxygens (including phenoxy) is 1. The van der Waals surface area contributed by atoms with E-state index in [9.17, 15) is 14.4 Å². The number of carbonyl (C=O) groups excluding carboxylic acids is 3. The van der Waals surface area contributed by atoms with Crippen LogP contribution in [0.25, 0.3) is 0 Å². The van der Waals surface area contributed by atoms with Crippen molar-refractivity contribution in [2.24, 2.45) is 5.92 Å². The van der Waals surface area contributed by atoms with Gasteiger partial charge < -0.3 is 9.64 Å². The molecule has 5 rings (SSSR count). The second-order valence-corrected chi connectivity index (χ2v) is 10.1. The van der Waals surface area contributed by atoms with Crippen LogP contribution in [-0.2, 0) is 9.59 Å². The Balaban J connectivity index is 1.54. The smallest absolute Gasteiger partial charge is 0.268 e. The lowest BCUT2D eigenvalue weighted by Gasteiger charge is -2.25. The maximum absolute atomic E-state index is 13.8. The molecule has 3 aromatic rings. The topological polar surface area (TPSA) is 82.2 Å². The number of hydrogen-bond acceptors (Lipinski definition) is 6. The molecule has 0 spiro atoms. The number of imide groups is 1. The van der Waals surface area contributed by atoms with Gasteiger partial charge in [-0.2, -0.15) is 0 Å². The van der Waals surface area contributed by atoms with E-state index in [1.54, 1.807) is 42.5 Å². The van der Waals surface area contributed by atoms with E-state index in [0.717, 1.165) is 15.7 Å². The first-order chi connectivity index (χ1) is 17.8. The van der Waals surface area contributed by atoms with Crippen LogP contribution in [0.15, 0.2) is 77.3 Å². The summed E-state index contributed by atoms with van der Waals surface area (Å²) in [5, 5.41) is 1.33. The lowest BCUT2D eigenvalue weighted by Crippen LogP contribution is -2.48. The predicted octanol–water partition coefficient (Wildman–Crippen LogP) is 4.17. The number of nitrogens with one attached hydrogen (secondary N) is 1. The molecule has 1 N–H and O–H groups in total. The fourth-order valence-electron chi connectivity index (χ4n) is 4.90. The zero-order valence-corrected chi connectivity index (χ0v) is 22.3. The van der Waals surface area contributed by atoms with Gasteiger partial charge in [0.2, 0.25) is 5.91 Å². The number of nitrogens with zero attached hydrogens (tertiary/aromatic N) is 3. The first-order valence-corrected chi connectivity index (χ1v) is 12.8. The number of hydrazine groups is 1. The monoisotopic (exact) mass is 562 g/mol. The largest absolute Gasteiger partial charge is 0.494 e. The minimum Gasteiger partial charge on any atom is -0.494 e. The predicted molar refractivity (Wildman–Crippen MR) is 144 cm³/mol. The normalized spacial score (nSPS) is 20.8. The van der Waals surface area contributed by atoms with Crippen LogP contribution < -0.4 is 20.0 Å². The van der Waals surface area contributed by atoms with Crippen LogP contribution in [0.2, 0.25) is 0 Å². The first-order valence-electron chi connectivity index (χ1n) is 12.0. The number of anilines is 2. The molecule has 37 heavy (non-hydrogen) atoms. The summed E-state index contributed by atoms with van der Waals surface area (Å²) >= 11 is 3.41. The quantitative estimate of drug-likeness (QED) is 0.454. The molecule has 2 fully saturated rings. The van der Waals surface area contributed by atoms with Crippen LogP contribution in [0, 0.1) is 5.92 Å². The van der Waals surface area contributed by atoms with Gasteiger partial charge >= 0.3 is 0 Å². The molecule has 0 bridgehead atoms. The van der Waals surface area contributed by atoms with Crippen molar-refractivity contribution >= 4 is 45.0 Å². The van der Waals surface area contributed by atoms with Gasteiger partial charge in [0.05, 0.1) is 24.3 Å². The summed E-state index contributed by atoms with van der Waals surface area (Å²) in [7, 11) is 3.90. The lowest BCUT2D eigenvalue weighted by atomic mass is 9.90. The molecule has 2 saturated heterocycles. The van der Waals surface area contributed by atoms with Crippen molar-refractivity contribution in [3.8, 4) is 5.75 Å². The average molecular weight is 563 g/mol. The molecule has 0 aliphatic carbocycles. The van der Waals surface area contributed by atoms with Gasteiger partial charge in [0.1, 0.15) is 11.8 Å². The Kier molecular flexibility index (Phi) is 6.74. The lowest BCUT2D eigenvalue weighted by molar-refractivity contribution is -0.123. The van der Waals surface area contributed by atoms with Gasteiger partial charge in [-0.15, -0.1) is 0 Å². The van der Waals surface area contributed by atoms with E-state index in [2.05, 4.69) is 21.4 Å². The van der Waals surface area contributed by atoms with Crippen molar-refractivity contribution in [3.63, 3.8) is 0 Å². The van der Waals surface area contributed by atoms with Crippen LogP contribution in [0.5, 0.6) is 5.75 Å². The number of halogens is 1. The van der Waals surface area contributed by atoms with E-state index in [-0.39, 0.29) is 11.8 Å². The molecule has 0 saturated carbocycles. The van der Waals surface area contributed by atoms with Gasteiger partial charge in [-0.05, 0) is 67.1 Å². The van der Waals surface area contributed by atoms with Crippen LogP contribution >= 0.6 is 15.9 Å². The molecule has 0 aromatic heterocycles. The summed E-state index contributed by atoms with van der Waals surface area (Å²) in [6, 6.07) is 20.0. The number of fused-ring (bicyclic) bond motifs is 1. The minimum atomic E-state index is -0.982. The molecule has 9 heteroatoms. The molecule has 0 radical (unpaired) electrons. The number of rotatable bonds is 6. The van der Waals surface area contributed by atoms with E-state index in [0.29, 0.717) is 23.6 Å². The molecule has 8 nitrogen and oxygen atoms in total. The van der Waals surface area contributed by atoms with Gasteiger partial charge in [0.25, 0.3) is 11.8 Å². The molecule has 190 valence electrons. The molecular weight excluding hydrogens is 536 g/mol. The molecule has 2 aliphatic rings. The molecule has 3 aromatic carbocycles. The standard InChI is InChI=1S/C28H27BrN4O4/c1-4-37-22-14-12-21(13-15-22)32-27(35)23-24(17-8-10-20(11-9-17)31(2)3)30-33(25(23)28(32)36)26(34)18-6-5-7-19(29)16-18/h5-16,23-25,30H,4H2,1-3H3/t23-,24+,25-/m1/s1. The Hall–Kier alpha value is -3.69. The summed E-state index contributed by atoms with van der Waals surface area (Å²) in [6.45, 7) is 2.40. The van der Waals surface area contributed by atoms with E-state index in [1.807, 2.05) is 56.3 Å². The first kappa shape index (κ1) is 25.0. The van der Waals surface area contributed by atoms with Crippen LogP contribution in [0.1, 0.15) is 28.9 Å². The Morgan fingerprint density at radius 3 is 2.32 bits per heavy atom. The number of carbonyl (C=O) groups is 3. The third-order valence-electron chi connectivity index (χ3n) is 6.70. The summed E-state index contributed by atoms with van der Waals surface area (Å²) in [5.74, 6) is -1.29. The van der Waals surface area contributed by atoms with Gasteiger partial charge in [-0.3, -0.25) is 19.4 Å². The minimum absolute atomic E-state index is 0.349. The highest BCUT2D eigenvalue weighted by molar-refractivity contribution is 9.10. The highest BCUT2D eigenvalue weighted by Crippen LogP contribution is 2.42. The van der Waals surface area contributed by atoms with Crippen molar-refractivity contribution in [3.05, 3.63) is 88.4 Å². The maximum Gasteiger partial charge on any atom is 0.268 e. The van der Waals surface area contributed by atoms with Gasteiger partial charge in [0, 0.05) is 29.8 Å². The van der Waals surface area contributed by atoms with E-state index in [4.69, 9.17) is 4.74 Å². The third kappa shape index (κ3) is 4.49. The van der Waals surface area contributed by atoms with Crippen molar-refractivity contribution in [1.29, 1.82) is 0 Å². The van der Waals surface area contributed by atoms with Crippen molar-refractivity contribution in [2.45, 2.75) is 19.0 Å². The van der Waals surface area contributed by atoms with Crippen LogP contribution in [-0.4, -0.2) is 49.5 Å². The van der Waals surface area contributed by atoms with E-state index < -0.39 is 23.9 Å². The maximum atomic E-state index is 13.8. The molecule has 3 amide bonds. The SMILES string of the molecule is CCOc1ccc(N2C(=O)[C@@H]3[C@H](c4ccc(N(C)C)cc4)NN(C(=O)c4cccc(Br)c4)[C@H]3C2=O)cc1. The fraction of sp³-hybridized carbons (Fsp3) is 0.250. The zero-order chi connectivity index (χ0) is 26.3. The number of amides is 3.